The number of hydrogen-bond donors (Lipinski definition) is 1. The van der Waals surface area contributed by atoms with Crippen molar-refractivity contribution < 1.29 is 19.0 Å². The third-order valence-corrected chi connectivity index (χ3v) is 4.22. The summed E-state index contributed by atoms with van der Waals surface area (Å²) in [5, 5.41) is 2.80. The highest BCUT2D eigenvalue weighted by atomic mass is 16.5. The van der Waals surface area contributed by atoms with Crippen LogP contribution in [-0.2, 0) is 11.4 Å². The number of methoxy groups -OCH3 is 2. The summed E-state index contributed by atoms with van der Waals surface area (Å²) in [6.45, 7) is 0.516. The third kappa shape index (κ3) is 5.87. The minimum Gasteiger partial charge on any atom is -0.497 e. The minimum absolute atomic E-state index is 0.252. The molecule has 0 radical (unpaired) electrons. The topological polar surface area (TPSA) is 56.8 Å². The summed E-state index contributed by atoms with van der Waals surface area (Å²) in [5.74, 6) is 1.72. The summed E-state index contributed by atoms with van der Waals surface area (Å²) in [5.41, 5.74) is 2.59. The highest BCUT2D eigenvalue weighted by Gasteiger charge is 2.07. The number of hydrogen-bond acceptors (Lipinski definition) is 4. The van der Waals surface area contributed by atoms with Gasteiger partial charge in [0.05, 0.1) is 19.9 Å². The van der Waals surface area contributed by atoms with Crippen molar-refractivity contribution in [1.29, 1.82) is 0 Å². The molecule has 3 aromatic carbocycles. The quantitative estimate of drug-likeness (QED) is 0.555. The van der Waals surface area contributed by atoms with Crippen LogP contribution in [-0.4, -0.2) is 20.1 Å². The molecule has 29 heavy (non-hydrogen) atoms. The first-order chi connectivity index (χ1) is 14.2. The van der Waals surface area contributed by atoms with Crippen LogP contribution in [0.15, 0.2) is 78.9 Å². The second-order valence-corrected chi connectivity index (χ2v) is 6.23. The third-order valence-electron chi connectivity index (χ3n) is 4.22. The van der Waals surface area contributed by atoms with E-state index >= 15 is 0 Å². The van der Waals surface area contributed by atoms with Gasteiger partial charge in [0, 0.05) is 12.1 Å². The van der Waals surface area contributed by atoms with E-state index in [-0.39, 0.29) is 5.91 Å². The summed E-state index contributed by atoms with van der Waals surface area (Å²) in [6.07, 6.45) is 3.22. The number of nitrogens with one attached hydrogen (secondary N) is 1. The van der Waals surface area contributed by atoms with Gasteiger partial charge in [-0.2, -0.15) is 0 Å². The maximum atomic E-state index is 12.2. The molecular weight excluding hydrogens is 366 g/mol. The second kappa shape index (κ2) is 9.99. The SMILES string of the molecule is COc1ccc(NC(=O)/C=C/c2ccc(OCc3ccccc3)cc2)c(OC)c1. The van der Waals surface area contributed by atoms with Gasteiger partial charge in [0.15, 0.2) is 0 Å². The number of rotatable bonds is 8. The van der Waals surface area contributed by atoms with Crippen molar-refractivity contribution in [3.63, 3.8) is 0 Å². The van der Waals surface area contributed by atoms with Crippen LogP contribution < -0.4 is 19.5 Å². The molecule has 0 saturated carbocycles. The molecule has 0 saturated heterocycles. The Balaban J connectivity index is 1.56. The predicted molar refractivity (Wildman–Crippen MR) is 114 cm³/mol. The molecule has 0 atom stereocenters. The monoisotopic (exact) mass is 389 g/mol. The molecule has 0 aliphatic carbocycles. The smallest absolute Gasteiger partial charge is 0.248 e. The average Bonchev–Trinajstić information content (AvgIpc) is 2.78. The van der Waals surface area contributed by atoms with E-state index in [0.717, 1.165) is 16.9 Å². The standard InChI is InChI=1S/C24H23NO4/c1-27-21-13-14-22(23(16-21)28-2)25-24(26)15-10-18-8-11-20(12-9-18)29-17-19-6-4-3-5-7-19/h3-16H,17H2,1-2H3,(H,25,26)/b15-10+. The molecule has 0 unspecified atom stereocenters. The molecule has 0 fully saturated rings. The molecule has 5 heteroatoms. The van der Waals surface area contributed by atoms with Gasteiger partial charge < -0.3 is 19.5 Å². The van der Waals surface area contributed by atoms with Gasteiger partial charge in [-0.25, -0.2) is 0 Å². The summed E-state index contributed by atoms with van der Waals surface area (Å²) in [7, 11) is 3.12. The number of amides is 1. The molecule has 5 nitrogen and oxygen atoms in total. The van der Waals surface area contributed by atoms with E-state index in [4.69, 9.17) is 14.2 Å². The van der Waals surface area contributed by atoms with Gasteiger partial charge in [-0.3, -0.25) is 4.79 Å². The Kier molecular flexibility index (Phi) is 6.90. The van der Waals surface area contributed by atoms with Gasteiger partial charge in [-0.15, -0.1) is 0 Å². The Morgan fingerprint density at radius 3 is 2.31 bits per heavy atom. The van der Waals surface area contributed by atoms with E-state index in [1.165, 1.54) is 6.08 Å². The lowest BCUT2D eigenvalue weighted by atomic mass is 10.2. The largest absolute Gasteiger partial charge is 0.497 e. The molecule has 3 rings (SSSR count). The number of ether oxygens (including phenoxy) is 3. The van der Waals surface area contributed by atoms with Crippen LogP contribution in [0.5, 0.6) is 17.2 Å². The summed E-state index contributed by atoms with van der Waals surface area (Å²) in [6, 6.07) is 22.8. The van der Waals surface area contributed by atoms with Crippen molar-refractivity contribution in [1.82, 2.24) is 0 Å². The normalized spacial score (nSPS) is 10.6. The summed E-state index contributed by atoms with van der Waals surface area (Å²) in [4.78, 5) is 12.2. The van der Waals surface area contributed by atoms with Crippen LogP contribution in [0.25, 0.3) is 6.08 Å². The van der Waals surface area contributed by atoms with Crippen molar-refractivity contribution in [2.45, 2.75) is 6.61 Å². The van der Waals surface area contributed by atoms with Crippen LogP contribution in [0.3, 0.4) is 0 Å². The molecule has 0 spiro atoms. The van der Waals surface area contributed by atoms with Gasteiger partial charge in [0.25, 0.3) is 0 Å². The molecule has 148 valence electrons. The molecule has 0 aromatic heterocycles. The van der Waals surface area contributed by atoms with Crippen molar-refractivity contribution in [2.24, 2.45) is 0 Å². The van der Waals surface area contributed by atoms with Crippen LogP contribution >= 0.6 is 0 Å². The zero-order valence-corrected chi connectivity index (χ0v) is 16.4. The molecule has 0 heterocycles. The number of anilines is 1. The van der Waals surface area contributed by atoms with Gasteiger partial charge in [0.1, 0.15) is 23.9 Å². The lowest BCUT2D eigenvalue weighted by Gasteiger charge is -2.10. The van der Waals surface area contributed by atoms with Crippen LogP contribution in [0.2, 0.25) is 0 Å². The molecule has 0 aliphatic heterocycles. The van der Waals surface area contributed by atoms with Crippen molar-refractivity contribution in [2.75, 3.05) is 19.5 Å². The molecule has 1 amide bonds. The Morgan fingerprint density at radius 2 is 1.62 bits per heavy atom. The van der Waals surface area contributed by atoms with Gasteiger partial charge >= 0.3 is 0 Å². The van der Waals surface area contributed by atoms with Gasteiger partial charge in [0.2, 0.25) is 5.91 Å². The van der Waals surface area contributed by atoms with Crippen LogP contribution in [0, 0.1) is 0 Å². The Labute approximate surface area is 170 Å². The van der Waals surface area contributed by atoms with E-state index in [1.54, 1.807) is 38.5 Å². The lowest BCUT2D eigenvalue weighted by molar-refractivity contribution is -0.111. The average molecular weight is 389 g/mol. The van der Waals surface area contributed by atoms with E-state index < -0.39 is 0 Å². The minimum atomic E-state index is -0.252. The van der Waals surface area contributed by atoms with Crippen molar-refractivity contribution in [3.8, 4) is 17.2 Å². The van der Waals surface area contributed by atoms with Gasteiger partial charge in [-0.05, 0) is 41.5 Å². The van der Waals surface area contributed by atoms with Crippen molar-refractivity contribution >= 4 is 17.7 Å². The maximum Gasteiger partial charge on any atom is 0.248 e. The molecule has 0 bridgehead atoms. The van der Waals surface area contributed by atoms with Crippen LogP contribution in [0.4, 0.5) is 5.69 Å². The van der Waals surface area contributed by atoms with E-state index in [0.29, 0.717) is 23.8 Å². The number of benzene rings is 3. The fourth-order valence-corrected chi connectivity index (χ4v) is 2.66. The second-order valence-electron chi connectivity index (χ2n) is 6.23. The van der Waals surface area contributed by atoms with Crippen LogP contribution in [0.1, 0.15) is 11.1 Å². The number of carbonyl (C=O) groups excluding carboxylic acids is 1. The lowest BCUT2D eigenvalue weighted by Crippen LogP contribution is -2.09. The molecule has 0 aliphatic rings. The Morgan fingerprint density at radius 1 is 0.897 bits per heavy atom. The molecule has 1 N–H and O–H groups in total. The predicted octanol–water partition coefficient (Wildman–Crippen LogP) is 4.93. The Hall–Kier alpha value is -3.73. The highest BCUT2D eigenvalue weighted by molar-refractivity contribution is 6.02. The maximum absolute atomic E-state index is 12.2. The zero-order chi connectivity index (χ0) is 20.5. The van der Waals surface area contributed by atoms with E-state index in [9.17, 15) is 4.79 Å². The van der Waals surface area contributed by atoms with Crippen molar-refractivity contribution in [3.05, 3.63) is 90.0 Å². The highest BCUT2D eigenvalue weighted by Crippen LogP contribution is 2.29. The fraction of sp³-hybridized carbons (Fsp3) is 0.125. The first-order valence-electron chi connectivity index (χ1n) is 9.16. The Bertz CT molecular complexity index is 966. The number of carbonyl (C=O) groups is 1. The van der Waals surface area contributed by atoms with Gasteiger partial charge in [-0.1, -0.05) is 42.5 Å². The first-order valence-corrected chi connectivity index (χ1v) is 9.16. The zero-order valence-electron chi connectivity index (χ0n) is 16.4. The molecule has 3 aromatic rings. The fourth-order valence-electron chi connectivity index (χ4n) is 2.66. The first kappa shape index (κ1) is 20.0. The molecular formula is C24H23NO4. The summed E-state index contributed by atoms with van der Waals surface area (Å²) >= 11 is 0. The summed E-state index contributed by atoms with van der Waals surface area (Å²) < 4.78 is 16.2. The van der Waals surface area contributed by atoms with E-state index in [2.05, 4.69) is 5.32 Å². The van der Waals surface area contributed by atoms with E-state index in [1.807, 2.05) is 54.6 Å².